The molecule has 0 saturated carbocycles. The largest absolute Gasteiger partial charge is 0.355 e. The second-order valence-corrected chi connectivity index (χ2v) is 7.72. The first-order chi connectivity index (χ1) is 13.1. The van der Waals surface area contributed by atoms with E-state index in [1.807, 2.05) is 6.92 Å². The fourth-order valence-electron chi connectivity index (χ4n) is 4.76. The van der Waals surface area contributed by atoms with Crippen molar-refractivity contribution in [3.8, 4) is 6.07 Å². The Labute approximate surface area is 157 Å². The molecule has 1 atom stereocenters. The summed E-state index contributed by atoms with van der Waals surface area (Å²) in [4.78, 5) is 11.5. The lowest BCUT2D eigenvalue weighted by Crippen LogP contribution is -2.44. The summed E-state index contributed by atoms with van der Waals surface area (Å²) >= 11 is 0. The Hall–Kier alpha value is -2.98. The van der Waals surface area contributed by atoms with Crippen LogP contribution >= 0.6 is 0 Å². The highest BCUT2D eigenvalue weighted by atomic mass is 15.2. The molecule has 3 N–H and O–H groups in total. The first-order valence-corrected chi connectivity index (χ1v) is 9.32. The fourth-order valence-corrected chi connectivity index (χ4v) is 4.76. The number of nitrogens with two attached hydrogens (primary N) is 1. The lowest BCUT2D eigenvalue weighted by molar-refractivity contribution is 0.187. The van der Waals surface area contributed by atoms with Crippen molar-refractivity contribution in [2.24, 2.45) is 11.1 Å². The highest BCUT2D eigenvalue weighted by molar-refractivity contribution is 5.77. The van der Waals surface area contributed by atoms with Crippen LogP contribution in [0.15, 0.2) is 24.3 Å². The molecule has 0 unspecified atom stereocenters. The topological polar surface area (TPSA) is 108 Å². The van der Waals surface area contributed by atoms with Gasteiger partial charge in [0, 0.05) is 19.1 Å². The van der Waals surface area contributed by atoms with Crippen molar-refractivity contribution in [2.75, 3.05) is 18.0 Å². The number of fused-ring (bicyclic) bond motifs is 2. The van der Waals surface area contributed by atoms with Crippen LogP contribution in [-0.2, 0) is 6.42 Å². The number of aromatic amines is 1. The molecule has 27 heavy (non-hydrogen) atoms. The molecule has 0 bridgehead atoms. The number of nitrogens with zero attached hydrogens (tertiary/aromatic N) is 5. The van der Waals surface area contributed by atoms with Crippen LogP contribution in [0.5, 0.6) is 0 Å². The third-order valence-electron chi connectivity index (χ3n) is 6.30. The summed E-state index contributed by atoms with van der Waals surface area (Å²) in [5.41, 5.74) is 11.8. The van der Waals surface area contributed by atoms with Crippen molar-refractivity contribution < 1.29 is 0 Å². The van der Waals surface area contributed by atoms with Crippen molar-refractivity contribution in [1.82, 2.24) is 20.2 Å². The van der Waals surface area contributed by atoms with E-state index in [9.17, 15) is 0 Å². The second-order valence-electron chi connectivity index (χ2n) is 7.72. The predicted molar refractivity (Wildman–Crippen MR) is 102 cm³/mol. The van der Waals surface area contributed by atoms with Crippen molar-refractivity contribution >= 4 is 17.0 Å². The van der Waals surface area contributed by atoms with Crippen molar-refractivity contribution in [3.63, 3.8) is 0 Å². The minimum atomic E-state index is 0.107. The van der Waals surface area contributed by atoms with Crippen LogP contribution in [0.1, 0.15) is 41.4 Å². The van der Waals surface area contributed by atoms with Crippen LogP contribution < -0.4 is 10.6 Å². The first kappa shape index (κ1) is 16.2. The van der Waals surface area contributed by atoms with E-state index in [2.05, 4.69) is 55.4 Å². The summed E-state index contributed by atoms with van der Waals surface area (Å²) in [6.07, 6.45) is 3.13. The molecule has 1 aromatic carbocycles. The molecule has 136 valence electrons. The Morgan fingerprint density at radius 3 is 2.78 bits per heavy atom. The SMILES string of the molecule is Cc1nc2c(C#N)[nH]nc2nc1N1CCC2(CC1)Cc1ccccc1[C@H]2N. The predicted octanol–water partition coefficient (Wildman–Crippen LogP) is 2.38. The van der Waals surface area contributed by atoms with Gasteiger partial charge in [-0.15, -0.1) is 0 Å². The number of rotatable bonds is 1. The smallest absolute Gasteiger partial charge is 0.203 e. The summed E-state index contributed by atoms with van der Waals surface area (Å²) in [5.74, 6) is 0.859. The average Bonchev–Trinajstić information content (AvgIpc) is 3.21. The van der Waals surface area contributed by atoms with Crippen LogP contribution in [0.4, 0.5) is 5.82 Å². The molecule has 1 saturated heterocycles. The molecule has 0 amide bonds. The Morgan fingerprint density at radius 2 is 2.04 bits per heavy atom. The van der Waals surface area contributed by atoms with Crippen LogP contribution in [-0.4, -0.2) is 33.3 Å². The maximum Gasteiger partial charge on any atom is 0.203 e. The zero-order chi connectivity index (χ0) is 18.6. The Balaban J connectivity index is 1.41. The van der Waals surface area contributed by atoms with E-state index < -0.39 is 0 Å². The van der Waals surface area contributed by atoms with Gasteiger partial charge < -0.3 is 10.6 Å². The summed E-state index contributed by atoms with van der Waals surface area (Å²) in [6.45, 7) is 3.74. The zero-order valence-electron chi connectivity index (χ0n) is 15.2. The van der Waals surface area contributed by atoms with Crippen molar-refractivity contribution in [1.29, 1.82) is 5.26 Å². The summed E-state index contributed by atoms with van der Waals surface area (Å²) in [6, 6.07) is 10.8. The highest BCUT2D eigenvalue weighted by Crippen LogP contribution is 2.51. The van der Waals surface area contributed by atoms with Gasteiger partial charge >= 0.3 is 0 Å². The summed E-state index contributed by atoms with van der Waals surface area (Å²) < 4.78 is 0. The number of hydrogen-bond acceptors (Lipinski definition) is 6. The molecule has 0 radical (unpaired) electrons. The Bertz CT molecular complexity index is 1070. The molecule has 2 aromatic heterocycles. The molecular weight excluding hydrogens is 338 g/mol. The average molecular weight is 359 g/mol. The van der Waals surface area contributed by atoms with Gasteiger partial charge in [0.15, 0.2) is 11.5 Å². The monoisotopic (exact) mass is 359 g/mol. The van der Waals surface area contributed by atoms with E-state index in [4.69, 9.17) is 11.0 Å². The Kier molecular flexibility index (Phi) is 3.46. The number of nitrogens with one attached hydrogen (secondary N) is 1. The lowest BCUT2D eigenvalue weighted by atomic mass is 9.73. The molecule has 7 heteroatoms. The zero-order valence-corrected chi connectivity index (χ0v) is 15.2. The number of aryl methyl sites for hydroxylation is 1. The number of benzene rings is 1. The van der Waals surface area contributed by atoms with Gasteiger partial charge in [0.25, 0.3) is 0 Å². The molecule has 2 aliphatic rings. The van der Waals surface area contributed by atoms with E-state index in [0.717, 1.165) is 43.9 Å². The van der Waals surface area contributed by atoms with E-state index in [-0.39, 0.29) is 11.5 Å². The molecule has 1 aliphatic carbocycles. The lowest BCUT2D eigenvalue weighted by Gasteiger charge is -2.42. The third kappa shape index (κ3) is 2.33. The normalized spacial score (nSPS) is 20.8. The van der Waals surface area contributed by atoms with E-state index in [1.54, 1.807) is 0 Å². The van der Waals surface area contributed by atoms with Gasteiger partial charge in [-0.05, 0) is 42.7 Å². The number of anilines is 1. The molecule has 7 nitrogen and oxygen atoms in total. The van der Waals surface area contributed by atoms with E-state index in [0.29, 0.717) is 16.9 Å². The number of nitriles is 1. The first-order valence-electron chi connectivity index (χ1n) is 9.32. The minimum Gasteiger partial charge on any atom is -0.355 e. The van der Waals surface area contributed by atoms with Gasteiger partial charge in [-0.1, -0.05) is 24.3 Å². The van der Waals surface area contributed by atoms with Crippen LogP contribution in [0.25, 0.3) is 11.2 Å². The molecule has 5 rings (SSSR count). The van der Waals surface area contributed by atoms with Crippen LogP contribution in [0, 0.1) is 23.7 Å². The maximum absolute atomic E-state index is 9.14. The number of hydrogen-bond donors (Lipinski definition) is 2. The van der Waals surface area contributed by atoms with Crippen molar-refractivity contribution in [2.45, 2.75) is 32.2 Å². The van der Waals surface area contributed by atoms with Gasteiger partial charge in [-0.25, -0.2) is 9.97 Å². The standard InChI is InChI=1S/C20H21N7/c1-12-19(24-18-16(23-12)15(11-21)25-26-18)27-8-6-20(7-9-27)10-13-4-2-3-5-14(13)17(20)22/h2-5,17H,6-10,22H2,1H3,(H,24,25,26)/t17-/m1/s1. The van der Waals surface area contributed by atoms with Gasteiger partial charge in [0.1, 0.15) is 11.6 Å². The molecule has 1 spiro atoms. The molecule has 1 aliphatic heterocycles. The third-order valence-corrected chi connectivity index (χ3v) is 6.30. The van der Waals surface area contributed by atoms with Gasteiger partial charge in [-0.3, -0.25) is 5.10 Å². The fraction of sp³-hybridized carbons (Fsp3) is 0.400. The van der Waals surface area contributed by atoms with Gasteiger partial charge in [-0.2, -0.15) is 10.4 Å². The van der Waals surface area contributed by atoms with E-state index in [1.165, 1.54) is 11.1 Å². The van der Waals surface area contributed by atoms with Gasteiger partial charge in [0.05, 0.1) is 5.69 Å². The van der Waals surface area contributed by atoms with Crippen LogP contribution in [0.3, 0.4) is 0 Å². The number of piperidine rings is 1. The van der Waals surface area contributed by atoms with Gasteiger partial charge in [0.2, 0.25) is 5.65 Å². The Morgan fingerprint density at radius 1 is 1.26 bits per heavy atom. The maximum atomic E-state index is 9.14. The molecule has 3 heterocycles. The quantitative estimate of drug-likeness (QED) is 0.691. The van der Waals surface area contributed by atoms with Crippen LogP contribution in [0.2, 0.25) is 0 Å². The highest BCUT2D eigenvalue weighted by Gasteiger charge is 2.46. The summed E-state index contributed by atoms with van der Waals surface area (Å²) in [5, 5.41) is 16.0. The van der Waals surface area contributed by atoms with E-state index >= 15 is 0 Å². The minimum absolute atomic E-state index is 0.107. The second kappa shape index (κ2) is 5.76. The molecule has 3 aromatic rings. The number of H-pyrrole nitrogens is 1. The molecule has 1 fully saturated rings. The van der Waals surface area contributed by atoms with Crippen molar-refractivity contribution in [3.05, 3.63) is 46.8 Å². The number of aromatic nitrogens is 4. The summed E-state index contributed by atoms with van der Waals surface area (Å²) in [7, 11) is 0. The molecular formula is C20H21N7.